The van der Waals surface area contributed by atoms with Crippen molar-refractivity contribution in [2.75, 3.05) is 20.8 Å². The maximum atomic E-state index is 12.2. The van der Waals surface area contributed by atoms with E-state index in [1.165, 1.54) is 12.2 Å². The Balaban J connectivity index is 2.61. The topological polar surface area (TPSA) is 38.8 Å². The van der Waals surface area contributed by atoms with Gasteiger partial charge in [0.25, 0.3) is 5.91 Å². The molecule has 0 atom stereocenters. The molecule has 18 heavy (non-hydrogen) atoms. The van der Waals surface area contributed by atoms with Crippen molar-refractivity contribution in [2.45, 2.75) is 51.7 Å². The van der Waals surface area contributed by atoms with Crippen LogP contribution in [0.5, 0.6) is 0 Å². The van der Waals surface area contributed by atoms with Crippen molar-refractivity contribution < 1.29 is 14.1 Å². The van der Waals surface area contributed by atoms with Gasteiger partial charge in [0.2, 0.25) is 0 Å². The maximum Gasteiger partial charge on any atom is 0.254 e. The van der Waals surface area contributed by atoms with Crippen LogP contribution in [0, 0.1) is 5.41 Å². The smallest absolute Gasteiger partial charge is 0.254 e. The number of amides is 1. The molecule has 0 saturated heterocycles. The van der Waals surface area contributed by atoms with Gasteiger partial charge in [0.05, 0.1) is 12.5 Å². The van der Waals surface area contributed by atoms with E-state index in [2.05, 4.69) is 33.9 Å². The first kappa shape index (κ1) is 15.7. The van der Waals surface area contributed by atoms with Crippen LogP contribution < -0.4 is 0 Å². The third-order valence-electron chi connectivity index (χ3n) is 4.38. The van der Waals surface area contributed by atoms with Crippen LogP contribution in [0.1, 0.15) is 33.6 Å². The zero-order chi connectivity index (χ0) is 14.2. The Hall–Kier alpha value is -0.393. The molecule has 106 valence electrons. The lowest BCUT2D eigenvalue weighted by Crippen LogP contribution is -2.44. The quantitative estimate of drug-likeness (QED) is 0.571. The van der Waals surface area contributed by atoms with E-state index in [9.17, 15) is 4.79 Å². The molecule has 1 aliphatic rings. The van der Waals surface area contributed by atoms with E-state index < -0.39 is 8.32 Å². The number of hydrogen-bond acceptors (Lipinski definition) is 3. The average molecular weight is 273 g/mol. The zero-order valence-electron chi connectivity index (χ0n) is 12.8. The molecule has 0 unspecified atom stereocenters. The summed E-state index contributed by atoms with van der Waals surface area (Å²) >= 11 is 0. The van der Waals surface area contributed by atoms with Crippen molar-refractivity contribution in [1.29, 1.82) is 0 Å². The summed E-state index contributed by atoms with van der Waals surface area (Å²) in [6.45, 7) is 11.6. The van der Waals surface area contributed by atoms with E-state index in [1.807, 2.05) is 0 Å². The highest BCUT2D eigenvalue weighted by molar-refractivity contribution is 6.74. The Bertz CT molecular complexity index is 319. The Morgan fingerprint density at radius 2 is 1.83 bits per heavy atom. The van der Waals surface area contributed by atoms with Gasteiger partial charge in [-0.25, -0.2) is 5.06 Å². The normalized spacial score (nSPS) is 18.6. The lowest BCUT2D eigenvalue weighted by atomic mass is 10.1. The molecule has 1 amide bonds. The van der Waals surface area contributed by atoms with Crippen molar-refractivity contribution in [2.24, 2.45) is 5.41 Å². The molecule has 0 heterocycles. The van der Waals surface area contributed by atoms with Crippen LogP contribution in [-0.2, 0) is 14.1 Å². The first-order valence-corrected chi connectivity index (χ1v) is 9.43. The fourth-order valence-electron chi connectivity index (χ4n) is 1.52. The molecule has 1 rings (SSSR count). The van der Waals surface area contributed by atoms with Crippen LogP contribution in [0.4, 0.5) is 0 Å². The summed E-state index contributed by atoms with van der Waals surface area (Å²) in [7, 11) is 1.40. The molecule has 0 aliphatic heterocycles. The molecule has 0 radical (unpaired) electrons. The average Bonchev–Trinajstić information content (AvgIpc) is 3.04. The second kappa shape index (κ2) is 4.94. The van der Waals surface area contributed by atoms with Gasteiger partial charge in [0.15, 0.2) is 8.32 Å². The fourth-order valence-corrected chi connectivity index (χ4v) is 2.59. The number of rotatable bonds is 5. The molecule has 0 aromatic carbocycles. The third-order valence-corrected chi connectivity index (χ3v) is 8.86. The number of carbonyl (C=O) groups is 1. The maximum absolute atomic E-state index is 12.2. The predicted octanol–water partition coefficient (Wildman–Crippen LogP) is 2.81. The Morgan fingerprint density at radius 1 is 1.33 bits per heavy atom. The standard InChI is InChI=1S/C13H27NO3Si/c1-12(2,3)18(6,7)17-10-13(8-9-13)11(15)14(4)16-5/h8-10H2,1-7H3. The van der Waals surface area contributed by atoms with Gasteiger partial charge in [-0.2, -0.15) is 0 Å². The Kier molecular flexibility index (Phi) is 4.30. The van der Waals surface area contributed by atoms with Gasteiger partial charge in [-0.3, -0.25) is 9.63 Å². The molecular formula is C13H27NO3Si. The van der Waals surface area contributed by atoms with Crippen molar-refractivity contribution in [1.82, 2.24) is 5.06 Å². The minimum absolute atomic E-state index is 0.0451. The Morgan fingerprint density at radius 3 is 2.17 bits per heavy atom. The van der Waals surface area contributed by atoms with E-state index >= 15 is 0 Å². The van der Waals surface area contributed by atoms with Crippen molar-refractivity contribution in [3.63, 3.8) is 0 Å². The van der Waals surface area contributed by atoms with E-state index in [4.69, 9.17) is 9.26 Å². The second-order valence-corrected chi connectivity index (χ2v) is 11.6. The highest BCUT2D eigenvalue weighted by Gasteiger charge is 2.53. The van der Waals surface area contributed by atoms with Crippen LogP contribution in [0.15, 0.2) is 0 Å². The summed E-state index contributed by atoms with van der Waals surface area (Å²) in [5.74, 6) is 0.0451. The lowest BCUT2D eigenvalue weighted by molar-refractivity contribution is -0.176. The lowest BCUT2D eigenvalue weighted by Gasteiger charge is -2.37. The van der Waals surface area contributed by atoms with E-state index in [0.717, 1.165) is 12.8 Å². The van der Waals surface area contributed by atoms with Gasteiger partial charge in [-0.05, 0) is 31.0 Å². The second-order valence-electron chi connectivity index (χ2n) is 6.81. The third kappa shape index (κ3) is 3.13. The predicted molar refractivity (Wildman–Crippen MR) is 74.6 cm³/mol. The number of hydroxylamine groups is 2. The van der Waals surface area contributed by atoms with Crippen LogP contribution in [0.25, 0.3) is 0 Å². The molecule has 5 heteroatoms. The van der Waals surface area contributed by atoms with Crippen molar-refractivity contribution >= 4 is 14.2 Å². The molecule has 1 saturated carbocycles. The number of nitrogens with zero attached hydrogens (tertiary/aromatic N) is 1. The van der Waals surface area contributed by atoms with Gasteiger partial charge in [-0.1, -0.05) is 20.8 Å². The largest absolute Gasteiger partial charge is 0.416 e. The molecule has 0 aromatic rings. The summed E-state index contributed by atoms with van der Waals surface area (Å²) < 4.78 is 6.17. The minimum atomic E-state index is -1.78. The monoisotopic (exact) mass is 273 g/mol. The van der Waals surface area contributed by atoms with Gasteiger partial charge in [0.1, 0.15) is 0 Å². The van der Waals surface area contributed by atoms with E-state index in [0.29, 0.717) is 6.61 Å². The SMILES string of the molecule is CON(C)C(=O)C1(CO[Si](C)(C)C(C)(C)C)CC1. The summed E-state index contributed by atoms with van der Waals surface area (Å²) in [5, 5.41) is 1.50. The first-order chi connectivity index (χ1) is 8.06. The van der Waals surface area contributed by atoms with Gasteiger partial charge < -0.3 is 4.43 Å². The highest BCUT2D eigenvalue weighted by atomic mass is 28.4. The van der Waals surface area contributed by atoms with Gasteiger partial charge >= 0.3 is 0 Å². The molecular weight excluding hydrogens is 246 g/mol. The van der Waals surface area contributed by atoms with Crippen molar-refractivity contribution in [3.8, 4) is 0 Å². The molecule has 0 N–H and O–H groups in total. The van der Waals surface area contributed by atoms with Gasteiger partial charge in [0, 0.05) is 13.7 Å². The molecule has 4 nitrogen and oxygen atoms in total. The summed E-state index contributed by atoms with van der Waals surface area (Å²) in [6, 6.07) is 0. The molecule has 0 aromatic heterocycles. The van der Waals surface area contributed by atoms with Crippen LogP contribution >= 0.6 is 0 Å². The molecule has 1 aliphatic carbocycles. The minimum Gasteiger partial charge on any atom is -0.416 e. The number of carbonyl (C=O) groups excluding carboxylic acids is 1. The fraction of sp³-hybridized carbons (Fsp3) is 0.923. The summed E-state index contributed by atoms with van der Waals surface area (Å²) in [5.41, 5.74) is -0.319. The summed E-state index contributed by atoms with van der Waals surface area (Å²) in [6.07, 6.45) is 1.82. The van der Waals surface area contributed by atoms with Crippen LogP contribution in [-0.4, -0.2) is 40.1 Å². The van der Waals surface area contributed by atoms with Crippen LogP contribution in [0.2, 0.25) is 18.1 Å². The first-order valence-electron chi connectivity index (χ1n) is 6.52. The van der Waals surface area contributed by atoms with Crippen molar-refractivity contribution in [3.05, 3.63) is 0 Å². The van der Waals surface area contributed by atoms with E-state index in [1.54, 1.807) is 7.05 Å². The summed E-state index contributed by atoms with van der Waals surface area (Å²) in [4.78, 5) is 17.1. The molecule has 0 bridgehead atoms. The van der Waals surface area contributed by atoms with E-state index in [-0.39, 0.29) is 16.4 Å². The zero-order valence-corrected chi connectivity index (χ0v) is 13.8. The molecule has 1 fully saturated rings. The molecule has 0 spiro atoms. The van der Waals surface area contributed by atoms with Gasteiger partial charge in [-0.15, -0.1) is 0 Å². The Labute approximate surface area is 112 Å². The number of hydrogen-bond donors (Lipinski definition) is 0. The highest BCUT2D eigenvalue weighted by Crippen LogP contribution is 2.49. The van der Waals surface area contributed by atoms with Crippen LogP contribution in [0.3, 0.4) is 0 Å².